The summed E-state index contributed by atoms with van der Waals surface area (Å²) in [6.45, 7) is 2.27. The highest BCUT2D eigenvalue weighted by Gasteiger charge is 2.30. The van der Waals surface area contributed by atoms with Crippen LogP contribution >= 0.6 is 0 Å². The Morgan fingerprint density at radius 1 is 0.959 bits per heavy atom. The number of amides is 3. The zero-order valence-electron chi connectivity index (χ0n) is 27.5. The Hall–Kier alpha value is -5.15. The van der Waals surface area contributed by atoms with Gasteiger partial charge in [-0.05, 0) is 102 Å². The summed E-state index contributed by atoms with van der Waals surface area (Å²) in [6, 6.07) is 18.6. The second kappa shape index (κ2) is 15.4. The average molecular weight is 689 g/mol. The van der Waals surface area contributed by atoms with Gasteiger partial charge in [0.05, 0.1) is 4.90 Å². The summed E-state index contributed by atoms with van der Waals surface area (Å²) in [5.41, 5.74) is 4.55. The molecular formula is C34H40N8O6S. The van der Waals surface area contributed by atoms with E-state index in [2.05, 4.69) is 36.6 Å². The van der Waals surface area contributed by atoms with Crippen molar-refractivity contribution >= 4 is 33.6 Å². The summed E-state index contributed by atoms with van der Waals surface area (Å²) >= 11 is 0. The standard InChI is InChI=1S/C34H40N8O6S/c1-21-4-17-28(49(47,48)42(2)3)19-29(21)24-9-5-22(6-10-24)18-30(37-32(43)26-11-7-23(8-12-26)20-35-34(45)46)33(44)36-27-15-13-25(14-16-27)31-38-40-41-39-31/h4-6,9-10,13-17,19,23,26,30,35H,7-8,11-12,18,20H2,1-3H3,(H,36,44)(H,37,43)(H,45,46)(H,38,39,40,41)/t23?,26?,30-/m0/s1. The maximum Gasteiger partial charge on any atom is 0.404 e. The molecular weight excluding hydrogens is 648 g/mol. The van der Waals surface area contributed by atoms with Crippen LogP contribution in [0.4, 0.5) is 10.5 Å². The van der Waals surface area contributed by atoms with Crippen LogP contribution < -0.4 is 16.0 Å². The number of carbonyl (C=O) groups is 3. The van der Waals surface area contributed by atoms with Crippen molar-refractivity contribution in [3.05, 3.63) is 77.9 Å². The minimum atomic E-state index is -3.62. The summed E-state index contributed by atoms with van der Waals surface area (Å²) in [4.78, 5) is 38.2. The predicted octanol–water partition coefficient (Wildman–Crippen LogP) is 3.83. The zero-order chi connectivity index (χ0) is 35.1. The molecule has 15 heteroatoms. The highest BCUT2D eigenvalue weighted by Crippen LogP contribution is 2.30. The Bertz CT molecular complexity index is 1870. The fourth-order valence-corrected chi connectivity index (χ4v) is 6.84. The van der Waals surface area contributed by atoms with Gasteiger partial charge in [0.1, 0.15) is 6.04 Å². The average Bonchev–Trinajstić information content (AvgIpc) is 3.63. The lowest BCUT2D eigenvalue weighted by Crippen LogP contribution is -2.48. The Balaban J connectivity index is 1.32. The molecule has 1 aliphatic rings. The zero-order valence-corrected chi connectivity index (χ0v) is 28.3. The Kier molecular flexibility index (Phi) is 11.0. The van der Waals surface area contributed by atoms with Crippen LogP contribution in [0.25, 0.3) is 22.5 Å². The summed E-state index contributed by atoms with van der Waals surface area (Å²) in [5, 5.41) is 31.1. The topological polar surface area (TPSA) is 199 Å². The molecule has 1 aromatic heterocycles. The third kappa shape index (κ3) is 8.86. The van der Waals surface area contributed by atoms with E-state index in [1.165, 1.54) is 18.4 Å². The summed E-state index contributed by atoms with van der Waals surface area (Å²) < 4.78 is 26.7. The van der Waals surface area contributed by atoms with E-state index in [1.54, 1.807) is 42.5 Å². The molecule has 1 heterocycles. The first kappa shape index (κ1) is 35.2. The van der Waals surface area contributed by atoms with Crippen LogP contribution in [-0.2, 0) is 26.0 Å². The molecule has 5 rings (SSSR count). The number of nitrogens with one attached hydrogen (secondary N) is 4. The van der Waals surface area contributed by atoms with Crippen molar-refractivity contribution in [2.24, 2.45) is 11.8 Å². The van der Waals surface area contributed by atoms with Gasteiger partial charge in [0.25, 0.3) is 0 Å². The number of hydrogen-bond donors (Lipinski definition) is 5. The second-order valence-electron chi connectivity index (χ2n) is 12.4. The highest BCUT2D eigenvalue weighted by atomic mass is 32.2. The molecule has 258 valence electrons. The van der Waals surface area contributed by atoms with Crippen molar-refractivity contribution in [2.75, 3.05) is 26.0 Å². The van der Waals surface area contributed by atoms with Crippen molar-refractivity contribution in [3.8, 4) is 22.5 Å². The number of benzene rings is 3. The van der Waals surface area contributed by atoms with Crippen LogP contribution in [0, 0.1) is 18.8 Å². The van der Waals surface area contributed by atoms with Crippen LogP contribution in [0.15, 0.2) is 71.6 Å². The lowest BCUT2D eigenvalue weighted by molar-refractivity contribution is -0.130. The molecule has 1 aliphatic carbocycles. The number of carboxylic acid groups (broad SMARTS) is 1. The SMILES string of the molecule is Cc1ccc(S(=O)(=O)N(C)C)cc1-c1ccc(C[C@H](NC(=O)C2CCC(CNC(=O)O)CC2)C(=O)Nc2ccc(-c3nn[nH]n3)cc2)cc1. The molecule has 0 spiro atoms. The lowest BCUT2D eigenvalue weighted by atomic mass is 9.81. The van der Waals surface area contributed by atoms with Gasteiger partial charge in [-0.15, -0.1) is 10.2 Å². The van der Waals surface area contributed by atoms with E-state index in [9.17, 15) is 22.8 Å². The van der Waals surface area contributed by atoms with Crippen molar-refractivity contribution in [1.29, 1.82) is 0 Å². The van der Waals surface area contributed by atoms with Crippen molar-refractivity contribution in [2.45, 2.75) is 50.0 Å². The fourth-order valence-electron chi connectivity index (χ4n) is 5.91. The number of tetrazole rings is 1. The van der Waals surface area contributed by atoms with Crippen molar-refractivity contribution in [1.82, 2.24) is 35.6 Å². The normalized spacial score (nSPS) is 16.9. The predicted molar refractivity (Wildman–Crippen MR) is 183 cm³/mol. The van der Waals surface area contributed by atoms with Gasteiger partial charge in [-0.2, -0.15) is 5.21 Å². The van der Waals surface area contributed by atoms with Gasteiger partial charge in [-0.3, -0.25) is 9.59 Å². The van der Waals surface area contributed by atoms with Crippen LogP contribution in [0.2, 0.25) is 0 Å². The molecule has 1 atom stereocenters. The molecule has 3 amide bonds. The fraction of sp³-hybridized carbons (Fsp3) is 0.353. The van der Waals surface area contributed by atoms with Crippen molar-refractivity contribution < 1.29 is 27.9 Å². The molecule has 0 aliphatic heterocycles. The van der Waals surface area contributed by atoms with E-state index < -0.39 is 22.2 Å². The molecule has 0 radical (unpaired) electrons. The van der Waals surface area contributed by atoms with Crippen LogP contribution in [0.5, 0.6) is 0 Å². The lowest BCUT2D eigenvalue weighted by Gasteiger charge is -2.29. The van der Waals surface area contributed by atoms with E-state index >= 15 is 0 Å². The molecule has 1 fully saturated rings. The number of nitrogens with zero attached hydrogens (tertiary/aromatic N) is 4. The van der Waals surface area contributed by atoms with E-state index in [0.29, 0.717) is 49.3 Å². The third-order valence-corrected chi connectivity index (χ3v) is 10.7. The van der Waals surface area contributed by atoms with Gasteiger partial charge >= 0.3 is 6.09 Å². The molecule has 0 unspecified atom stereocenters. The van der Waals surface area contributed by atoms with Crippen LogP contribution in [0.1, 0.15) is 36.8 Å². The molecule has 0 bridgehead atoms. The monoisotopic (exact) mass is 688 g/mol. The minimum absolute atomic E-state index is 0.167. The number of H-pyrrole nitrogens is 1. The Morgan fingerprint density at radius 3 is 2.24 bits per heavy atom. The van der Waals surface area contributed by atoms with E-state index in [1.807, 2.05) is 31.2 Å². The van der Waals surface area contributed by atoms with Gasteiger partial charge in [0.15, 0.2) is 0 Å². The number of aryl methyl sites for hydroxylation is 1. The van der Waals surface area contributed by atoms with Crippen LogP contribution in [-0.4, -0.2) is 83.0 Å². The summed E-state index contributed by atoms with van der Waals surface area (Å²) in [7, 11) is -0.634. The van der Waals surface area contributed by atoms with E-state index in [4.69, 9.17) is 5.11 Å². The number of aromatic nitrogens is 4. The highest BCUT2D eigenvalue weighted by molar-refractivity contribution is 7.89. The van der Waals surface area contributed by atoms with Gasteiger partial charge < -0.3 is 21.1 Å². The van der Waals surface area contributed by atoms with Crippen molar-refractivity contribution in [3.63, 3.8) is 0 Å². The van der Waals surface area contributed by atoms with Gasteiger partial charge in [-0.25, -0.2) is 17.5 Å². The molecule has 0 saturated heterocycles. The van der Waals surface area contributed by atoms with Gasteiger partial charge in [0.2, 0.25) is 27.7 Å². The smallest absolute Gasteiger partial charge is 0.404 e. The first-order chi connectivity index (χ1) is 23.4. The number of aromatic amines is 1. The van der Waals surface area contributed by atoms with E-state index in [0.717, 1.165) is 22.3 Å². The number of carbonyl (C=O) groups excluding carboxylic acids is 2. The molecule has 1 saturated carbocycles. The summed E-state index contributed by atoms with van der Waals surface area (Å²) in [5.74, 6) is -0.312. The second-order valence-corrected chi connectivity index (χ2v) is 14.6. The van der Waals surface area contributed by atoms with E-state index in [-0.39, 0.29) is 35.0 Å². The minimum Gasteiger partial charge on any atom is -0.465 e. The first-order valence-electron chi connectivity index (χ1n) is 15.9. The number of hydrogen-bond acceptors (Lipinski definition) is 8. The Labute approximate surface area is 284 Å². The molecule has 4 aromatic rings. The number of sulfonamides is 1. The molecule has 14 nitrogen and oxygen atoms in total. The quantitative estimate of drug-likeness (QED) is 0.147. The Morgan fingerprint density at radius 2 is 1.63 bits per heavy atom. The molecule has 49 heavy (non-hydrogen) atoms. The summed E-state index contributed by atoms with van der Waals surface area (Å²) in [6.07, 6.45) is 1.76. The van der Waals surface area contributed by atoms with Gasteiger partial charge in [0, 0.05) is 44.2 Å². The molecule has 3 aromatic carbocycles. The number of anilines is 1. The third-order valence-electron chi connectivity index (χ3n) is 8.84. The van der Waals surface area contributed by atoms with Crippen LogP contribution in [0.3, 0.4) is 0 Å². The maximum atomic E-state index is 13.7. The molecule has 5 N–H and O–H groups in total. The number of rotatable bonds is 12. The largest absolute Gasteiger partial charge is 0.465 e. The first-order valence-corrected chi connectivity index (χ1v) is 17.4. The maximum absolute atomic E-state index is 13.7. The van der Waals surface area contributed by atoms with Gasteiger partial charge in [-0.1, -0.05) is 30.3 Å².